The molecule has 0 radical (unpaired) electrons. The van der Waals surface area contributed by atoms with Crippen molar-refractivity contribution in [3.63, 3.8) is 0 Å². The van der Waals surface area contributed by atoms with Crippen molar-refractivity contribution in [1.82, 2.24) is 20.9 Å². The molecule has 2 aromatic rings. The fourth-order valence-electron chi connectivity index (χ4n) is 4.05. The molecule has 6 heteroatoms. The van der Waals surface area contributed by atoms with Gasteiger partial charge in [-0.2, -0.15) is 0 Å². The number of pyridine rings is 1. The van der Waals surface area contributed by atoms with Crippen LogP contribution in [0.5, 0.6) is 0 Å². The van der Waals surface area contributed by atoms with Gasteiger partial charge in [0.2, 0.25) is 0 Å². The van der Waals surface area contributed by atoms with E-state index in [0.29, 0.717) is 6.04 Å². The molecule has 0 spiro atoms. The number of guanidine groups is 1. The predicted molar refractivity (Wildman–Crippen MR) is 131 cm³/mol. The number of nitrogens with one attached hydrogen (secondary N) is 3. The lowest BCUT2D eigenvalue weighted by Crippen LogP contribution is -2.54. The highest BCUT2D eigenvalue weighted by atomic mass is 15.2. The Bertz CT molecular complexity index is 823. The molecule has 2 heterocycles. The molecule has 0 saturated carbocycles. The number of aliphatic imine (C=N–C) groups is 1. The van der Waals surface area contributed by atoms with Crippen molar-refractivity contribution >= 4 is 11.8 Å². The van der Waals surface area contributed by atoms with Gasteiger partial charge in [-0.05, 0) is 57.7 Å². The number of aryl methyl sites for hydroxylation is 1. The molecule has 1 aliphatic heterocycles. The molecule has 31 heavy (non-hydrogen) atoms. The molecule has 3 N–H and O–H groups in total. The molecule has 6 nitrogen and oxygen atoms in total. The van der Waals surface area contributed by atoms with Crippen molar-refractivity contribution < 1.29 is 0 Å². The molecule has 3 rings (SSSR count). The van der Waals surface area contributed by atoms with Crippen LogP contribution in [0.2, 0.25) is 0 Å². The fourth-order valence-corrected chi connectivity index (χ4v) is 4.05. The molecule has 1 unspecified atom stereocenters. The maximum Gasteiger partial charge on any atom is 0.191 e. The zero-order valence-corrected chi connectivity index (χ0v) is 19.7. The Morgan fingerprint density at radius 2 is 1.87 bits per heavy atom. The normalized spacial score (nSPS) is 16.8. The fraction of sp³-hybridized carbons (Fsp3) is 0.520. The minimum absolute atomic E-state index is 0.0760. The first-order chi connectivity index (χ1) is 14.9. The maximum atomic E-state index is 4.57. The SMILES string of the molecule is CN=C(NCC(C)(C)NC(C)c1ccccc1)NC1CCN(c2ccc(C)cn2)CC1. The molecule has 1 atom stereocenters. The van der Waals surface area contributed by atoms with Gasteiger partial charge in [0, 0.05) is 50.5 Å². The van der Waals surface area contributed by atoms with Gasteiger partial charge in [-0.15, -0.1) is 0 Å². The van der Waals surface area contributed by atoms with Crippen molar-refractivity contribution in [2.24, 2.45) is 4.99 Å². The van der Waals surface area contributed by atoms with E-state index in [1.165, 1.54) is 11.1 Å². The van der Waals surface area contributed by atoms with Crippen LogP contribution >= 0.6 is 0 Å². The second-order valence-corrected chi connectivity index (χ2v) is 9.19. The van der Waals surface area contributed by atoms with Crippen LogP contribution in [-0.4, -0.2) is 49.2 Å². The molecular formula is C25H38N6. The number of nitrogens with zero attached hydrogens (tertiary/aromatic N) is 3. The molecule has 0 amide bonds. The first-order valence-corrected chi connectivity index (χ1v) is 11.3. The molecule has 1 fully saturated rings. The first-order valence-electron chi connectivity index (χ1n) is 11.3. The van der Waals surface area contributed by atoms with E-state index in [-0.39, 0.29) is 11.6 Å². The van der Waals surface area contributed by atoms with E-state index in [1.54, 1.807) is 0 Å². The molecule has 168 valence electrons. The lowest BCUT2D eigenvalue weighted by molar-refractivity contribution is 0.343. The van der Waals surface area contributed by atoms with Crippen molar-refractivity contribution in [1.29, 1.82) is 0 Å². The Morgan fingerprint density at radius 3 is 2.48 bits per heavy atom. The molecule has 1 aromatic carbocycles. The second kappa shape index (κ2) is 10.6. The number of piperidine rings is 1. The molecular weight excluding hydrogens is 384 g/mol. The third kappa shape index (κ3) is 6.96. The monoisotopic (exact) mass is 422 g/mol. The van der Waals surface area contributed by atoms with E-state index in [1.807, 2.05) is 13.2 Å². The summed E-state index contributed by atoms with van der Waals surface area (Å²) in [4.78, 5) is 11.4. The number of hydrogen-bond donors (Lipinski definition) is 3. The van der Waals surface area contributed by atoms with Crippen LogP contribution in [0.1, 0.15) is 50.8 Å². The van der Waals surface area contributed by atoms with Crippen LogP contribution in [-0.2, 0) is 0 Å². The topological polar surface area (TPSA) is 64.6 Å². The summed E-state index contributed by atoms with van der Waals surface area (Å²) in [6, 6.07) is 15.5. The Kier molecular flexibility index (Phi) is 7.91. The first kappa shape index (κ1) is 23.1. The van der Waals surface area contributed by atoms with Crippen LogP contribution in [0.4, 0.5) is 5.82 Å². The summed E-state index contributed by atoms with van der Waals surface area (Å²) in [5.41, 5.74) is 2.42. The van der Waals surface area contributed by atoms with Gasteiger partial charge in [-0.25, -0.2) is 4.98 Å². The average Bonchev–Trinajstić information content (AvgIpc) is 2.78. The highest BCUT2D eigenvalue weighted by Crippen LogP contribution is 2.18. The van der Waals surface area contributed by atoms with Crippen LogP contribution in [0.3, 0.4) is 0 Å². The number of aromatic nitrogens is 1. The molecule has 0 aliphatic carbocycles. The Hall–Kier alpha value is -2.60. The van der Waals surface area contributed by atoms with E-state index in [9.17, 15) is 0 Å². The second-order valence-electron chi connectivity index (χ2n) is 9.19. The van der Waals surface area contributed by atoms with Crippen LogP contribution in [0, 0.1) is 6.92 Å². The number of rotatable bonds is 7. The molecule has 1 aromatic heterocycles. The predicted octanol–water partition coefficient (Wildman–Crippen LogP) is 3.65. The Morgan fingerprint density at radius 1 is 1.16 bits per heavy atom. The van der Waals surface area contributed by atoms with E-state index in [0.717, 1.165) is 44.3 Å². The molecule has 1 saturated heterocycles. The van der Waals surface area contributed by atoms with E-state index < -0.39 is 0 Å². The lowest BCUT2D eigenvalue weighted by atomic mass is 10.0. The van der Waals surface area contributed by atoms with Crippen molar-refractivity contribution in [2.75, 3.05) is 31.6 Å². The van der Waals surface area contributed by atoms with Crippen molar-refractivity contribution in [3.05, 3.63) is 59.8 Å². The minimum Gasteiger partial charge on any atom is -0.356 e. The number of benzene rings is 1. The summed E-state index contributed by atoms with van der Waals surface area (Å²) in [5.74, 6) is 1.95. The van der Waals surface area contributed by atoms with Gasteiger partial charge in [0.15, 0.2) is 5.96 Å². The van der Waals surface area contributed by atoms with Gasteiger partial charge in [0.25, 0.3) is 0 Å². The summed E-state index contributed by atoms with van der Waals surface area (Å²) in [6.45, 7) is 11.5. The summed E-state index contributed by atoms with van der Waals surface area (Å²) in [6.07, 6.45) is 4.09. The molecule has 1 aliphatic rings. The molecule has 0 bridgehead atoms. The average molecular weight is 423 g/mol. The highest BCUT2D eigenvalue weighted by molar-refractivity contribution is 5.80. The zero-order valence-electron chi connectivity index (χ0n) is 19.7. The van der Waals surface area contributed by atoms with Crippen LogP contribution in [0.25, 0.3) is 0 Å². The van der Waals surface area contributed by atoms with Gasteiger partial charge in [0.05, 0.1) is 0 Å². The van der Waals surface area contributed by atoms with E-state index in [2.05, 4.69) is 101 Å². The summed E-state index contributed by atoms with van der Waals surface area (Å²) in [7, 11) is 1.84. The van der Waals surface area contributed by atoms with Gasteiger partial charge in [-0.3, -0.25) is 4.99 Å². The van der Waals surface area contributed by atoms with Gasteiger partial charge in [-0.1, -0.05) is 36.4 Å². The maximum absolute atomic E-state index is 4.57. The van der Waals surface area contributed by atoms with Gasteiger partial charge < -0.3 is 20.9 Å². The minimum atomic E-state index is -0.0760. The van der Waals surface area contributed by atoms with Crippen molar-refractivity contribution in [2.45, 2.75) is 58.2 Å². The van der Waals surface area contributed by atoms with Crippen molar-refractivity contribution in [3.8, 4) is 0 Å². The highest BCUT2D eigenvalue weighted by Gasteiger charge is 2.23. The summed E-state index contributed by atoms with van der Waals surface area (Å²) >= 11 is 0. The van der Waals surface area contributed by atoms with Gasteiger partial charge >= 0.3 is 0 Å². The number of hydrogen-bond acceptors (Lipinski definition) is 4. The Labute approximate surface area is 187 Å². The summed E-state index contributed by atoms with van der Waals surface area (Å²) in [5, 5.41) is 10.8. The number of anilines is 1. The third-order valence-electron chi connectivity index (χ3n) is 5.88. The van der Waals surface area contributed by atoms with Gasteiger partial charge in [0.1, 0.15) is 5.82 Å². The van der Waals surface area contributed by atoms with E-state index >= 15 is 0 Å². The Balaban J connectivity index is 1.44. The lowest BCUT2D eigenvalue weighted by Gasteiger charge is -2.35. The van der Waals surface area contributed by atoms with Crippen LogP contribution in [0.15, 0.2) is 53.7 Å². The quantitative estimate of drug-likeness (QED) is 0.470. The largest absolute Gasteiger partial charge is 0.356 e. The third-order valence-corrected chi connectivity index (χ3v) is 5.88. The zero-order chi connectivity index (χ0) is 22.3. The standard InChI is InChI=1S/C25H38N6/c1-19-11-12-23(27-17-19)31-15-13-22(14-16-31)29-24(26-5)28-18-25(3,4)30-20(2)21-9-7-6-8-10-21/h6-12,17,20,22,30H,13-16,18H2,1-5H3,(H2,26,28,29). The van der Waals surface area contributed by atoms with E-state index in [4.69, 9.17) is 0 Å². The van der Waals surface area contributed by atoms with Crippen LogP contribution < -0.4 is 20.9 Å². The summed E-state index contributed by atoms with van der Waals surface area (Å²) < 4.78 is 0. The smallest absolute Gasteiger partial charge is 0.191 e.